The molecular weight excluding hydrogens is 302 g/mol. The molecule has 0 aliphatic rings. The van der Waals surface area contributed by atoms with Gasteiger partial charge in [-0.25, -0.2) is 8.42 Å². The zero-order valence-corrected chi connectivity index (χ0v) is 13.0. The third-order valence-corrected chi connectivity index (χ3v) is 5.30. The number of aliphatic hydroxyl groups is 1. The number of methoxy groups -OCH3 is 1. The van der Waals surface area contributed by atoms with E-state index in [1.807, 2.05) is 0 Å². The summed E-state index contributed by atoms with van der Waals surface area (Å²) in [5.41, 5.74) is 5.06. The summed E-state index contributed by atoms with van der Waals surface area (Å²) in [4.78, 5) is 0.0627. The number of hydrogen-bond donors (Lipinski definition) is 2. The molecule has 118 valence electrons. The first kappa shape index (κ1) is 16.5. The third kappa shape index (κ3) is 3.65. The maximum absolute atomic E-state index is 12.3. The van der Waals surface area contributed by atoms with Gasteiger partial charge in [0.25, 0.3) is 0 Å². The monoisotopic (exact) mass is 321 g/mol. The Kier molecular flexibility index (Phi) is 5.18. The van der Waals surface area contributed by atoms with Crippen molar-refractivity contribution < 1.29 is 18.3 Å². The van der Waals surface area contributed by atoms with E-state index in [1.54, 1.807) is 49.6 Å². The predicted molar refractivity (Wildman–Crippen MR) is 84.3 cm³/mol. The van der Waals surface area contributed by atoms with Gasteiger partial charge >= 0.3 is 0 Å². The molecule has 22 heavy (non-hydrogen) atoms. The van der Waals surface area contributed by atoms with Gasteiger partial charge in [0.2, 0.25) is 9.84 Å². The lowest BCUT2D eigenvalue weighted by atomic mass is 10.1. The molecule has 6 heteroatoms. The van der Waals surface area contributed by atoms with Crippen LogP contribution in [0.2, 0.25) is 0 Å². The number of nitrogens with two attached hydrogens (primary N) is 1. The molecule has 0 aliphatic heterocycles. The Morgan fingerprint density at radius 1 is 1.09 bits per heavy atom. The average molecular weight is 321 g/mol. The number of sulfone groups is 1. The van der Waals surface area contributed by atoms with E-state index in [0.29, 0.717) is 5.75 Å². The number of benzene rings is 2. The van der Waals surface area contributed by atoms with Crippen molar-refractivity contribution in [3.05, 3.63) is 60.2 Å². The maximum atomic E-state index is 12.3. The van der Waals surface area contributed by atoms with Crippen LogP contribution in [0.15, 0.2) is 59.5 Å². The van der Waals surface area contributed by atoms with Crippen molar-refractivity contribution in [2.75, 3.05) is 7.11 Å². The van der Waals surface area contributed by atoms with E-state index in [-0.39, 0.29) is 11.3 Å². The summed E-state index contributed by atoms with van der Waals surface area (Å²) in [6.45, 7) is 0. The Morgan fingerprint density at radius 2 is 1.68 bits per heavy atom. The largest absolute Gasteiger partial charge is 0.497 e. The van der Waals surface area contributed by atoms with Gasteiger partial charge in [-0.05, 0) is 36.2 Å². The van der Waals surface area contributed by atoms with Crippen LogP contribution in [-0.4, -0.2) is 32.1 Å². The molecule has 1 unspecified atom stereocenters. The van der Waals surface area contributed by atoms with Crippen LogP contribution in [0.1, 0.15) is 5.56 Å². The highest BCUT2D eigenvalue weighted by Crippen LogP contribution is 2.19. The Labute approximate surface area is 130 Å². The van der Waals surface area contributed by atoms with Crippen LogP contribution in [-0.2, 0) is 16.3 Å². The molecule has 0 aromatic heterocycles. The molecule has 2 aromatic carbocycles. The van der Waals surface area contributed by atoms with E-state index in [4.69, 9.17) is 10.5 Å². The Bertz CT molecular complexity index is 699. The minimum absolute atomic E-state index is 0.0627. The first-order valence-corrected chi connectivity index (χ1v) is 8.35. The van der Waals surface area contributed by atoms with Gasteiger partial charge in [-0.3, -0.25) is 0 Å². The Hall–Kier alpha value is -1.89. The highest BCUT2D eigenvalue weighted by Gasteiger charge is 2.30. The fraction of sp³-hybridized carbons (Fsp3) is 0.250. The lowest BCUT2D eigenvalue weighted by molar-refractivity contribution is 0.216. The molecule has 0 fully saturated rings. The summed E-state index contributed by atoms with van der Waals surface area (Å²) in [7, 11) is -2.30. The molecule has 2 aromatic rings. The van der Waals surface area contributed by atoms with Crippen molar-refractivity contribution >= 4 is 9.84 Å². The molecule has 5 nitrogen and oxygen atoms in total. The molecule has 0 spiro atoms. The second-order valence-electron chi connectivity index (χ2n) is 4.96. The zero-order valence-electron chi connectivity index (χ0n) is 12.2. The molecule has 0 saturated heterocycles. The minimum Gasteiger partial charge on any atom is -0.497 e. The van der Waals surface area contributed by atoms with E-state index < -0.39 is 21.3 Å². The smallest absolute Gasteiger partial charge is 0.206 e. The predicted octanol–water partition coefficient (Wildman–Crippen LogP) is 1.36. The lowest BCUT2D eigenvalue weighted by Gasteiger charge is -2.19. The fourth-order valence-corrected chi connectivity index (χ4v) is 3.49. The Balaban J connectivity index is 2.12. The summed E-state index contributed by atoms with van der Waals surface area (Å²) in [6.07, 6.45) is 0.247. The van der Waals surface area contributed by atoms with Crippen molar-refractivity contribution in [1.29, 1.82) is 0 Å². The van der Waals surface area contributed by atoms with E-state index in [9.17, 15) is 13.5 Å². The van der Waals surface area contributed by atoms with Crippen LogP contribution < -0.4 is 10.5 Å². The number of hydrogen-bond acceptors (Lipinski definition) is 5. The molecule has 0 aliphatic carbocycles. The molecule has 0 heterocycles. The second-order valence-corrected chi connectivity index (χ2v) is 7.01. The molecule has 0 radical (unpaired) electrons. The second kappa shape index (κ2) is 6.91. The molecule has 2 rings (SSSR count). The first-order chi connectivity index (χ1) is 10.4. The quantitative estimate of drug-likeness (QED) is 0.838. The van der Waals surface area contributed by atoms with Gasteiger partial charge in [-0.2, -0.15) is 0 Å². The number of rotatable bonds is 6. The topological polar surface area (TPSA) is 89.6 Å². The van der Waals surface area contributed by atoms with Crippen molar-refractivity contribution in [2.45, 2.75) is 22.8 Å². The number of ether oxygens (including phenoxy) is 1. The van der Waals surface area contributed by atoms with Gasteiger partial charge in [0, 0.05) is 6.04 Å². The van der Waals surface area contributed by atoms with E-state index in [2.05, 4.69) is 0 Å². The molecule has 2 atom stereocenters. The Morgan fingerprint density at radius 3 is 2.23 bits per heavy atom. The van der Waals surface area contributed by atoms with Crippen LogP contribution in [0, 0.1) is 0 Å². The van der Waals surface area contributed by atoms with Gasteiger partial charge in [0.15, 0.2) is 5.44 Å². The average Bonchev–Trinajstić information content (AvgIpc) is 2.55. The minimum atomic E-state index is -3.87. The van der Waals surface area contributed by atoms with Crippen molar-refractivity contribution in [1.82, 2.24) is 0 Å². The van der Waals surface area contributed by atoms with Crippen molar-refractivity contribution in [3.8, 4) is 5.75 Å². The highest BCUT2D eigenvalue weighted by atomic mass is 32.2. The summed E-state index contributed by atoms with van der Waals surface area (Å²) >= 11 is 0. The molecule has 3 N–H and O–H groups in total. The van der Waals surface area contributed by atoms with E-state index in [0.717, 1.165) is 5.56 Å². The summed E-state index contributed by atoms with van der Waals surface area (Å²) < 4.78 is 29.7. The maximum Gasteiger partial charge on any atom is 0.206 e. The van der Waals surface area contributed by atoms with Crippen molar-refractivity contribution in [3.63, 3.8) is 0 Å². The highest BCUT2D eigenvalue weighted by molar-refractivity contribution is 7.92. The molecule has 0 saturated carbocycles. The van der Waals surface area contributed by atoms with Gasteiger partial charge < -0.3 is 15.6 Å². The van der Waals surface area contributed by atoms with Gasteiger partial charge in [0.05, 0.1) is 12.0 Å². The van der Waals surface area contributed by atoms with E-state index >= 15 is 0 Å². The SMILES string of the molecule is COc1ccc(C[C@H](N)C(O)S(=O)(=O)c2ccccc2)cc1. The number of aliphatic hydroxyl groups excluding tert-OH is 1. The normalized spacial score (nSPS) is 14.3. The van der Waals surface area contributed by atoms with Crippen molar-refractivity contribution in [2.24, 2.45) is 5.73 Å². The van der Waals surface area contributed by atoms with Crippen LogP contribution in [0.4, 0.5) is 0 Å². The fourth-order valence-electron chi connectivity index (χ4n) is 2.11. The molecule has 0 bridgehead atoms. The van der Waals surface area contributed by atoms with Crippen LogP contribution in [0.3, 0.4) is 0 Å². The molecule has 0 amide bonds. The van der Waals surface area contributed by atoms with Gasteiger partial charge in [0.1, 0.15) is 5.75 Å². The van der Waals surface area contributed by atoms with Gasteiger partial charge in [-0.1, -0.05) is 30.3 Å². The van der Waals surface area contributed by atoms with Crippen LogP contribution >= 0.6 is 0 Å². The van der Waals surface area contributed by atoms with Crippen LogP contribution in [0.25, 0.3) is 0 Å². The lowest BCUT2D eigenvalue weighted by Crippen LogP contribution is -2.42. The van der Waals surface area contributed by atoms with Gasteiger partial charge in [-0.15, -0.1) is 0 Å². The first-order valence-electron chi connectivity index (χ1n) is 6.80. The summed E-state index contributed by atoms with van der Waals surface area (Å²) in [5, 5.41) is 10.1. The molecular formula is C16H19NO4S. The summed E-state index contributed by atoms with van der Waals surface area (Å²) in [6, 6.07) is 14.0. The summed E-state index contributed by atoms with van der Waals surface area (Å²) in [5.74, 6) is 0.703. The zero-order chi connectivity index (χ0) is 16.2. The van der Waals surface area contributed by atoms with E-state index in [1.165, 1.54) is 12.1 Å². The standard InChI is InChI=1S/C16H19NO4S/c1-21-13-9-7-12(8-10-13)11-15(17)16(18)22(19,20)14-5-3-2-4-6-14/h2-10,15-16,18H,11,17H2,1H3/t15-,16?/m0/s1. The third-order valence-electron chi connectivity index (χ3n) is 3.39. The van der Waals surface area contributed by atoms with Crippen LogP contribution in [0.5, 0.6) is 5.75 Å².